The van der Waals surface area contributed by atoms with E-state index in [0.29, 0.717) is 12.6 Å². The van der Waals surface area contributed by atoms with Crippen molar-refractivity contribution in [1.29, 1.82) is 0 Å². The Morgan fingerprint density at radius 3 is 3.10 bits per heavy atom. The van der Waals surface area contributed by atoms with Crippen molar-refractivity contribution in [3.05, 3.63) is 10.6 Å². The summed E-state index contributed by atoms with van der Waals surface area (Å²) >= 11 is 1.73. The van der Waals surface area contributed by atoms with E-state index >= 15 is 0 Å². The van der Waals surface area contributed by atoms with Gasteiger partial charge in [0.2, 0.25) is 0 Å². The molecule has 1 heterocycles. The second-order valence-corrected chi connectivity index (χ2v) is 7.14. The molecule has 1 aromatic rings. The minimum absolute atomic E-state index is 0.106. The molecule has 0 spiro atoms. The molecule has 21 heavy (non-hydrogen) atoms. The lowest BCUT2D eigenvalue weighted by atomic mass is 9.91. The van der Waals surface area contributed by atoms with Crippen LogP contribution in [0.2, 0.25) is 0 Å². The lowest BCUT2D eigenvalue weighted by Gasteiger charge is -2.19. The highest BCUT2D eigenvalue weighted by atomic mass is 32.1. The SMILES string of the molecule is CCCC1CC1Nc1nc2c(s1)CCCC2C(=O)OCC. The molecule has 0 saturated heterocycles. The van der Waals surface area contributed by atoms with Gasteiger partial charge in [-0.2, -0.15) is 0 Å². The number of ether oxygens (including phenoxy) is 1. The van der Waals surface area contributed by atoms with Gasteiger partial charge in [0.1, 0.15) is 5.92 Å². The van der Waals surface area contributed by atoms with Gasteiger partial charge in [-0.05, 0) is 44.9 Å². The molecule has 2 aliphatic rings. The third-order valence-corrected chi connectivity index (χ3v) is 5.48. The van der Waals surface area contributed by atoms with Gasteiger partial charge in [-0.1, -0.05) is 13.3 Å². The van der Waals surface area contributed by atoms with E-state index in [-0.39, 0.29) is 11.9 Å². The van der Waals surface area contributed by atoms with Crippen LogP contribution in [0.1, 0.15) is 62.4 Å². The second kappa shape index (κ2) is 6.34. The quantitative estimate of drug-likeness (QED) is 0.814. The second-order valence-electron chi connectivity index (χ2n) is 6.06. The first kappa shape index (κ1) is 14.8. The maximum Gasteiger partial charge on any atom is 0.315 e. The smallest absolute Gasteiger partial charge is 0.315 e. The predicted molar refractivity (Wildman–Crippen MR) is 84.9 cm³/mol. The fraction of sp³-hybridized carbons (Fsp3) is 0.750. The Labute approximate surface area is 130 Å². The number of hydrogen-bond donors (Lipinski definition) is 1. The molecule has 1 fully saturated rings. The van der Waals surface area contributed by atoms with Crippen molar-refractivity contribution >= 4 is 22.4 Å². The first-order valence-electron chi connectivity index (χ1n) is 8.15. The third-order valence-electron chi connectivity index (χ3n) is 4.42. The van der Waals surface area contributed by atoms with Crippen LogP contribution in [-0.4, -0.2) is 23.6 Å². The highest BCUT2D eigenvalue weighted by Crippen LogP contribution is 2.41. The summed E-state index contributed by atoms with van der Waals surface area (Å²) in [7, 11) is 0. The van der Waals surface area contributed by atoms with Crippen molar-refractivity contribution in [3.8, 4) is 0 Å². The number of thiazole rings is 1. The lowest BCUT2D eigenvalue weighted by molar-refractivity contribution is -0.145. The molecular weight excluding hydrogens is 284 g/mol. The molecule has 0 radical (unpaired) electrons. The van der Waals surface area contributed by atoms with Crippen LogP contribution in [0.5, 0.6) is 0 Å². The molecule has 116 valence electrons. The summed E-state index contributed by atoms with van der Waals surface area (Å²) in [4.78, 5) is 18.1. The molecule has 2 aliphatic carbocycles. The number of fused-ring (bicyclic) bond motifs is 1. The molecule has 1 aromatic heterocycles. The normalized spacial score (nSPS) is 27.0. The number of rotatable bonds is 6. The number of aromatic nitrogens is 1. The first-order chi connectivity index (χ1) is 10.2. The number of anilines is 1. The maximum atomic E-state index is 12.1. The Morgan fingerprint density at radius 1 is 1.48 bits per heavy atom. The molecule has 3 rings (SSSR count). The largest absolute Gasteiger partial charge is 0.465 e. The van der Waals surface area contributed by atoms with E-state index in [9.17, 15) is 4.79 Å². The number of carbonyl (C=O) groups is 1. The van der Waals surface area contributed by atoms with Gasteiger partial charge in [0.05, 0.1) is 12.3 Å². The van der Waals surface area contributed by atoms with Gasteiger partial charge in [0.15, 0.2) is 5.13 Å². The molecule has 0 aliphatic heterocycles. The Bertz CT molecular complexity index is 514. The summed E-state index contributed by atoms with van der Waals surface area (Å²) < 4.78 is 5.20. The number of nitrogens with one attached hydrogen (secondary N) is 1. The Hall–Kier alpha value is -1.10. The average Bonchev–Trinajstić information content (AvgIpc) is 3.05. The van der Waals surface area contributed by atoms with Crippen molar-refractivity contribution < 1.29 is 9.53 Å². The number of carbonyl (C=O) groups excluding carboxylic acids is 1. The van der Waals surface area contributed by atoms with Crippen LogP contribution in [0.15, 0.2) is 0 Å². The summed E-state index contributed by atoms with van der Waals surface area (Å²) in [6.45, 7) is 4.54. The summed E-state index contributed by atoms with van der Waals surface area (Å²) in [5.74, 6) is 0.563. The first-order valence-corrected chi connectivity index (χ1v) is 8.97. The summed E-state index contributed by atoms with van der Waals surface area (Å²) in [6, 6.07) is 0.596. The number of hydrogen-bond acceptors (Lipinski definition) is 5. The zero-order valence-electron chi connectivity index (χ0n) is 12.9. The minimum Gasteiger partial charge on any atom is -0.465 e. The van der Waals surface area contributed by atoms with E-state index in [4.69, 9.17) is 9.72 Å². The molecule has 0 bridgehead atoms. The summed E-state index contributed by atoms with van der Waals surface area (Å²) in [5, 5.41) is 4.55. The van der Waals surface area contributed by atoms with Crippen LogP contribution in [-0.2, 0) is 16.0 Å². The van der Waals surface area contributed by atoms with Gasteiger partial charge in [0, 0.05) is 10.9 Å². The van der Waals surface area contributed by atoms with E-state index in [1.54, 1.807) is 11.3 Å². The van der Waals surface area contributed by atoms with Crippen molar-refractivity contribution in [2.45, 2.75) is 64.3 Å². The van der Waals surface area contributed by atoms with Crippen molar-refractivity contribution in [3.63, 3.8) is 0 Å². The van der Waals surface area contributed by atoms with Gasteiger partial charge < -0.3 is 10.1 Å². The molecule has 1 saturated carbocycles. The van der Waals surface area contributed by atoms with Gasteiger partial charge in [0.25, 0.3) is 0 Å². The molecule has 3 unspecified atom stereocenters. The topological polar surface area (TPSA) is 51.2 Å². The predicted octanol–water partition coefficient (Wildman–Crippen LogP) is 3.73. The standard InChI is InChI=1S/C16H24N2O2S/c1-3-6-10-9-12(10)17-16-18-14-11(15(19)20-4-2)7-5-8-13(14)21-16/h10-12H,3-9H2,1-2H3,(H,17,18). The third kappa shape index (κ3) is 3.23. The maximum absolute atomic E-state index is 12.1. The lowest BCUT2D eigenvalue weighted by Crippen LogP contribution is -2.20. The number of nitrogens with zero attached hydrogens (tertiary/aromatic N) is 1. The van der Waals surface area contributed by atoms with E-state index in [0.717, 1.165) is 36.0 Å². The molecule has 1 N–H and O–H groups in total. The number of aryl methyl sites for hydroxylation is 1. The van der Waals surface area contributed by atoms with Gasteiger partial charge in [-0.15, -0.1) is 11.3 Å². The fourth-order valence-corrected chi connectivity index (χ4v) is 4.35. The van der Waals surface area contributed by atoms with E-state index < -0.39 is 0 Å². The van der Waals surface area contributed by atoms with E-state index in [1.165, 1.54) is 24.1 Å². The summed E-state index contributed by atoms with van der Waals surface area (Å²) in [5.41, 5.74) is 0.972. The molecule has 0 amide bonds. The van der Waals surface area contributed by atoms with Crippen LogP contribution in [0, 0.1) is 5.92 Å². The Morgan fingerprint density at radius 2 is 2.33 bits per heavy atom. The Kier molecular flexibility index (Phi) is 4.48. The molecule has 0 aromatic carbocycles. The zero-order valence-corrected chi connectivity index (χ0v) is 13.7. The van der Waals surface area contributed by atoms with E-state index in [1.807, 2.05) is 6.92 Å². The van der Waals surface area contributed by atoms with Crippen LogP contribution in [0.3, 0.4) is 0 Å². The molecule has 5 heteroatoms. The summed E-state index contributed by atoms with van der Waals surface area (Å²) in [6.07, 6.45) is 6.79. The number of esters is 1. The zero-order chi connectivity index (χ0) is 14.8. The highest BCUT2D eigenvalue weighted by molar-refractivity contribution is 7.15. The Balaban J connectivity index is 1.68. The van der Waals surface area contributed by atoms with Crippen LogP contribution in [0.4, 0.5) is 5.13 Å². The van der Waals surface area contributed by atoms with Crippen LogP contribution < -0.4 is 5.32 Å². The van der Waals surface area contributed by atoms with Crippen LogP contribution in [0.25, 0.3) is 0 Å². The van der Waals surface area contributed by atoms with Crippen LogP contribution >= 0.6 is 11.3 Å². The van der Waals surface area contributed by atoms with Gasteiger partial charge in [-0.3, -0.25) is 4.79 Å². The van der Waals surface area contributed by atoms with Crippen molar-refractivity contribution in [2.24, 2.45) is 5.92 Å². The van der Waals surface area contributed by atoms with Gasteiger partial charge >= 0.3 is 5.97 Å². The molecule has 3 atom stereocenters. The fourth-order valence-electron chi connectivity index (χ4n) is 3.23. The van der Waals surface area contributed by atoms with E-state index in [2.05, 4.69) is 12.2 Å². The molecular formula is C16H24N2O2S. The monoisotopic (exact) mass is 308 g/mol. The van der Waals surface area contributed by atoms with Crippen molar-refractivity contribution in [1.82, 2.24) is 4.98 Å². The highest BCUT2D eigenvalue weighted by Gasteiger charge is 2.37. The average molecular weight is 308 g/mol. The van der Waals surface area contributed by atoms with Crippen molar-refractivity contribution in [2.75, 3.05) is 11.9 Å². The van der Waals surface area contributed by atoms with Gasteiger partial charge in [-0.25, -0.2) is 4.98 Å². The minimum atomic E-state index is -0.147. The molecule has 4 nitrogen and oxygen atoms in total.